The van der Waals surface area contributed by atoms with Crippen LogP contribution < -0.4 is 0 Å². The fourth-order valence-corrected chi connectivity index (χ4v) is 2.68. The van der Waals surface area contributed by atoms with Crippen LogP contribution in [0.5, 0.6) is 0 Å². The number of aromatic nitrogens is 1. The van der Waals surface area contributed by atoms with Crippen LogP contribution in [0.25, 0.3) is 0 Å². The first kappa shape index (κ1) is 14.0. The van der Waals surface area contributed by atoms with Gasteiger partial charge in [0, 0.05) is 19.6 Å². The molecular weight excluding hydrogens is 262 g/mol. The van der Waals surface area contributed by atoms with Gasteiger partial charge in [0.25, 0.3) is 0 Å². The maximum absolute atomic E-state index is 9.70. The molecule has 1 N–H and O–H groups in total. The van der Waals surface area contributed by atoms with Crippen LogP contribution >= 0.6 is 0 Å². The van der Waals surface area contributed by atoms with E-state index >= 15 is 0 Å². The van der Waals surface area contributed by atoms with Gasteiger partial charge < -0.3 is 23.8 Å². The largest absolute Gasteiger partial charge is 0.388 e. The highest BCUT2D eigenvalue weighted by Crippen LogP contribution is 2.32. The summed E-state index contributed by atoms with van der Waals surface area (Å²) in [6.45, 7) is 3.50. The number of aliphatic hydroxyl groups is 1. The fraction of sp³-hybridized carbons (Fsp3) is 0.786. The van der Waals surface area contributed by atoms with Crippen molar-refractivity contribution in [1.29, 1.82) is 0 Å². The highest BCUT2D eigenvalue weighted by atomic mass is 16.7. The summed E-state index contributed by atoms with van der Waals surface area (Å²) in [5.74, 6) is 0.810. The van der Waals surface area contributed by atoms with E-state index in [-0.39, 0.29) is 11.5 Å². The number of nitrogens with zero attached hydrogens (tertiary/aromatic N) is 1. The molecule has 0 amide bonds. The van der Waals surface area contributed by atoms with Crippen molar-refractivity contribution in [2.24, 2.45) is 0 Å². The lowest BCUT2D eigenvalue weighted by Crippen LogP contribution is -2.44. The zero-order chi connectivity index (χ0) is 14.2. The molecule has 0 aromatic carbocycles. The van der Waals surface area contributed by atoms with E-state index in [2.05, 4.69) is 12.1 Å². The topological polar surface area (TPSA) is 74.0 Å². The molecule has 1 aromatic heterocycles. The molecule has 3 rings (SSSR count). The molecule has 6 heteroatoms. The minimum atomic E-state index is -0.549. The quantitative estimate of drug-likeness (QED) is 0.889. The molecule has 3 unspecified atom stereocenters. The molecule has 3 atom stereocenters. The monoisotopic (exact) mass is 283 g/mol. The second-order valence-corrected chi connectivity index (χ2v) is 5.94. The van der Waals surface area contributed by atoms with Crippen molar-refractivity contribution >= 4 is 0 Å². The molecule has 0 spiro atoms. The van der Waals surface area contributed by atoms with E-state index < -0.39 is 12.4 Å². The summed E-state index contributed by atoms with van der Waals surface area (Å²) in [5.41, 5.74) is 0.929. The van der Waals surface area contributed by atoms with Crippen LogP contribution in [0, 0.1) is 0 Å². The molecule has 0 bridgehead atoms. The highest BCUT2D eigenvalue weighted by molar-refractivity contribution is 5.19. The molecule has 2 aliphatic rings. The molecule has 2 saturated heterocycles. The van der Waals surface area contributed by atoms with E-state index in [4.69, 9.17) is 18.7 Å². The first-order valence-corrected chi connectivity index (χ1v) is 7.01. The van der Waals surface area contributed by atoms with Crippen molar-refractivity contribution in [1.82, 2.24) is 5.16 Å². The van der Waals surface area contributed by atoms with Crippen LogP contribution in [-0.2, 0) is 26.0 Å². The highest BCUT2D eigenvalue weighted by Gasteiger charge is 2.38. The Balaban J connectivity index is 1.61. The third-order valence-electron chi connectivity index (χ3n) is 4.10. The van der Waals surface area contributed by atoms with Gasteiger partial charge in [-0.1, -0.05) is 5.16 Å². The first-order valence-electron chi connectivity index (χ1n) is 7.01. The van der Waals surface area contributed by atoms with Gasteiger partial charge in [-0.3, -0.25) is 0 Å². The lowest BCUT2D eigenvalue weighted by Gasteiger charge is -2.35. The predicted molar refractivity (Wildman–Crippen MR) is 69.3 cm³/mol. The van der Waals surface area contributed by atoms with Crippen LogP contribution in [-0.4, -0.2) is 49.1 Å². The van der Waals surface area contributed by atoms with Gasteiger partial charge in [-0.15, -0.1) is 0 Å². The van der Waals surface area contributed by atoms with Crippen LogP contribution in [0.15, 0.2) is 10.6 Å². The maximum atomic E-state index is 9.70. The van der Waals surface area contributed by atoms with Crippen molar-refractivity contribution < 1.29 is 23.8 Å². The minimum absolute atomic E-state index is 0.00500. The summed E-state index contributed by atoms with van der Waals surface area (Å²) < 4.78 is 21.5. The third-order valence-corrected chi connectivity index (χ3v) is 4.10. The van der Waals surface area contributed by atoms with Crippen molar-refractivity contribution in [2.45, 2.75) is 50.1 Å². The fourth-order valence-electron chi connectivity index (χ4n) is 2.68. The Morgan fingerprint density at radius 1 is 1.45 bits per heavy atom. The molecular formula is C14H21NO5. The van der Waals surface area contributed by atoms with Gasteiger partial charge in [-0.2, -0.15) is 0 Å². The Hall–Kier alpha value is -0.950. The molecule has 0 radical (unpaired) electrons. The molecule has 0 aliphatic carbocycles. The van der Waals surface area contributed by atoms with E-state index in [0.29, 0.717) is 26.1 Å². The first-order chi connectivity index (χ1) is 9.60. The van der Waals surface area contributed by atoms with Crippen molar-refractivity contribution in [2.75, 3.05) is 20.3 Å². The van der Waals surface area contributed by atoms with Gasteiger partial charge >= 0.3 is 0 Å². The van der Waals surface area contributed by atoms with Crippen LogP contribution in [0.3, 0.4) is 0 Å². The van der Waals surface area contributed by atoms with Crippen molar-refractivity contribution in [3.05, 3.63) is 17.5 Å². The Bertz CT molecular complexity index is 456. The lowest BCUT2D eigenvalue weighted by atomic mass is 9.85. The molecule has 3 heterocycles. The van der Waals surface area contributed by atoms with Crippen LogP contribution in [0.2, 0.25) is 0 Å². The third kappa shape index (κ3) is 2.61. The van der Waals surface area contributed by atoms with Crippen molar-refractivity contribution in [3.8, 4) is 0 Å². The Kier molecular flexibility index (Phi) is 3.81. The summed E-state index contributed by atoms with van der Waals surface area (Å²) in [4.78, 5) is 0. The zero-order valence-electron chi connectivity index (χ0n) is 11.9. The normalized spacial score (nSPS) is 32.9. The van der Waals surface area contributed by atoms with Gasteiger partial charge in [0.05, 0.1) is 30.4 Å². The summed E-state index contributed by atoms with van der Waals surface area (Å²) in [6.07, 6.45) is 1.01. The molecule has 1 aromatic rings. The van der Waals surface area contributed by atoms with Crippen LogP contribution in [0.1, 0.15) is 31.2 Å². The van der Waals surface area contributed by atoms with E-state index in [1.54, 1.807) is 7.11 Å². The van der Waals surface area contributed by atoms with Gasteiger partial charge in [0.2, 0.25) is 0 Å². The average molecular weight is 283 g/mol. The second-order valence-electron chi connectivity index (χ2n) is 5.94. The number of methoxy groups -OCH3 is 1. The maximum Gasteiger partial charge on any atom is 0.183 e. The number of ether oxygens (including phenoxy) is 3. The van der Waals surface area contributed by atoms with Gasteiger partial charge in [0.15, 0.2) is 6.29 Å². The standard InChI is InChI=1S/C14H21NO5/c1-14(7-18-8-14)12-6-10(20-15-12)5-9-3-4-11(16)13(17-2)19-9/h6,9,11,13,16H,3-5,7-8H2,1-2H3. The molecule has 112 valence electrons. The van der Waals surface area contributed by atoms with E-state index in [1.165, 1.54) is 0 Å². The smallest absolute Gasteiger partial charge is 0.183 e. The summed E-state index contributed by atoms with van der Waals surface area (Å²) >= 11 is 0. The summed E-state index contributed by atoms with van der Waals surface area (Å²) in [7, 11) is 1.54. The number of hydrogen-bond acceptors (Lipinski definition) is 6. The van der Waals surface area contributed by atoms with Gasteiger partial charge in [0.1, 0.15) is 11.9 Å². The molecule has 6 nitrogen and oxygen atoms in total. The molecule has 20 heavy (non-hydrogen) atoms. The summed E-state index contributed by atoms with van der Waals surface area (Å²) in [6, 6.07) is 1.98. The number of aliphatic hydroxyl groups excluding tert-OH is 1. The molecule has 2 fully saturated rings. The average Bonchev–Trinajstić information content (AvgIpc) is 2.87. The van der Waals surface area contributed by atoms with E-state index in [0.717, 1.165) is 17.9 Å². The summed E-state index contributed by atoms with van der Waals surface area (Å²) in [5, 5.41) is 13.8. The molecule has 0 saturated carbocycles. The Morgan fingerprint density at radius 3 is 2.90 bits per heavy atom. The second kappa shape index (κ2) is 5.44. The van der Waals surface area contributed by atoms with E-state index in [9.17, 15) is 5.11 Å². The zero-order valence-corrected chi connectivity index (χ0v) is 11.9. The van der Waals surface area contributed by atoms with Crippen molar-refractivity contribution in [3.63, 3.8) is 0 Å². The Labute approximate surface area is 118 Å². The Morgan fingerprint density at radius 2 is 2.25 bits per heavy atom. The number of hydrogen-bond donors (Lipinski definition) is 1. The number of rotatable bonds is 4. The minimum Gasteiger partial charge on any atom is -0.388 e. The van der Waals surface area contributed by atoms with Gasteiger partial charge in [-0.25, -0.2) is 0 Å². The van der Waals surface area contributed by atoms with E-state index in [1.807, 2.05) is 6.07 Å². The lowest BCUT2D eigenvalue weighted by molar-refractivity contribution is -0.228. The van der Waals surface area contributed by atoms with Gasteiger partial charge in [-0.05, 0) is 19.8 Å². The SMILES string of the molecule is COC1OC(Cc2cc(C3(C)COC3)no2)CCC1O. The van der Waals surface area contributed by atoms with Crippen LogP contribution in [0.4, 0.5) is 0 Å². The predicted octanol–water partition coefficient (Wildman–Crippen LogP) is 1.02. The molecule has 2 aliphatic heterocycles.